The van der Waals surface area contributed by atoms with Crippen LogP contribution in [0.25, 0.3) is 76.1 Å². The molecule has 7 aromatic carbocycles. The zero-order chi connectivity index (χ0) is 28.5. The summed E-state index contributed by atoms with van der Waals surface area (Å²) in [6.45, 7) is 4.25. The third kappa shape index (κ3) is 3.38. The standard InChI is InChI=1S/C39H25N3O/c1-40-39(26-13-3-2-4-14-26)41-23-42-35-27-15-7-5-11-24(27)19-21-31(35)33-34-32-22-20-25-12-6-8-16-28(25)37(32)43-38(34)30-18-10-9-17-29(30)36(33)42/h2-22H,1,23H2. The smallest absolute Gasteiger partial charge is 0.155 e. The summed E-state index contributed by atoms with van der Waals surface area (Å²) in [7, 11) is 0. The molecule has 202 valence electrons. The topological polar surface area (TPSA) is 42.8 Å². The number of rotatable bonds is 3. The van der Waals surface area contributed by atoms with Gasteiger partial charge in [0.1, 0.15) is 17.8 Å². The predicted molar refractivity (Wildman–Crippen MR) is 182 cm³/mol. The summed E-state index contributed by atoms with van der Waals surface area (Å²) in [5.41, 5.74) is 5.09. The molecule has 9 rings (SSSR count). The van der Waals surface area contributed by atoms with Crippen molar-refractivity contribution in [3.05, 3.63) is 133 Å². The Bertz CT molecular complexity index is 2600. The number of furan rings is 1. The Labute approximate surface area is 246 Å². The Balaban J connectivity index is 1.50. The number of nitrogens with zero attached hydrogens (tertiary/aromatic N) is 3. The maximum Gasteiger partial charge on any atom is 0.155 e. The number of aliphatic imine (C=N–C) groups is 2. The molecule has 0 N–H and O–H groups in total. The van der Waals surface area contributed by atoms with Gasteiger partial charge in [-0.25, -0.2) is 9.98 Å². The lowest BCUT2D eigenvalue weighted by molar-refractivity contribution is 0.676. The Kier molecular flexibility index (Phi) is 5.08. The van der Waals surface area contributed by atoms with E-state index in [0.717, 1.165) is 54.7 Å². The van der Waals surface area contributed by atoms with Gasteiger partial charge in [0.2, 0.25) is 0 Å². The number of fused-ring (bicyclic) bond motifs is 14. The lowest BCUT2D eigenvalue weighted by Gasteiger charge is -2.10. The second-order valence-electron chi connectivity index (χ2n) is 11.0. The fraction of sp³-hybridized carbons (Fsp3) is 0.0256. The van der Waals surface area contributed by atoms with Gasteiger partial charge in [-0.3, -0.25) is 0 Å². The summed E-state index contributed by atoms with van der Waals surface area (Å²) in [6, 6.07) is 44.6. The highest BCUT2D eigenvalue weighted by Crippen LogP contribution is 2.47. The minimum Gasteiger partial charge on any atom is -0.455 e. The van der Waals surface area contributed by atoms with Gasteiger partial charge in [-0.15, -0.1) is 0 Å². The van der Waals surface area contributed by atoms with E-state index in [0.29, 0.717) is 12.5 Å². The molecule has 0 amide bonds. The summed E-state index contributed by atoms with van der Waals surface area (Å²) >= 11 is 0. The zero-order valence-electron chi connectivity index (χ0n) is 23.3. The normalized spacial score (nSPS) is 12.5. The van der Waals surface area contributed by atoms with E-state index in [1.165, 1.54) is 26.9 Å². The van der Waals surface area contributed by atoms with Crippen molar-refractivity contribution >= 4 is 88.6 Å². The summed E-state index contributed by atoms with van der Waals surface area (Å²) in [5.74, 6) is 0.626. The maximum atomic E-state index is 6.85. The molecule has 0 saturated carbocycles. The van der Waals surface area contributed by atoms with Gasteiger partial charge in [0.15, 0.2) is 5.84 Å². The van der Waals surface area contributed by atoms with Crippen LogP contribution in [0.1, 0.15) is 5.56 Å². The molecular formula is C39H25N3O. The van der Waals surface area contributed by atoms with E-state index >= 15 is 0 Å². The van der Waals surface area contributed by atoms with E-state index in [9.17, 15) is 0 Å². The summed E-state index contributed by atoms with van der Waals surface area (Å²) < 4.78 is 9.21. The molecule has 0 radical (unpaired) electrons. The average molecular weight is 552 g/mol. The van der Waals surface area contributed by atoms with E-state index in [4.69, 9.17) is 9.41 Å². The number of benzene rings is 7. The van der Waals surface area contributed by atoms with E-state index in [2.05, 4.69) is 113 Å². The van der Waals surface area contributed by atoms with Crippen LogP contribution < -0.4 is 0 Å². The van der Waals surface area contributed by atoms with Crippen LogP contribution in [0.4, 0.5) is 0 Å². The highest BCUT2D eigenvalue weighted by atomic mass is 16.3. The highest BCUT2D eigenvalue weighted by molar-refractivity contribution is 6.38. The molecule has 0 saturated heterocycles. The molecule has 0 spiro atoms. The van der Waals surface area contributed by atoms with Crippen LogP contribution in [0.5, 0.6) is 0 Å². The number of hydrogen-bond acceptors (Lipinski definition) is 2. The Morgan fingerprint density at radius 2 is 1.16 bits per heavy atom. The lowest BCUT2D eigenvalue weighted by Crippen LogP contribution is -2.02. The van der Waals surface area contributed by atoms with Crippen molar-refractivity contribution in [1.29, 1.82) is 0 Å². The molecular weight excluding hydrogens is 526 g/mol. The van der Waals surface area contributed by atoms with Crippen LogP contribution >= 0.6 is 0 Å². The molecule has 9 aromatic rings. The molecule has 2 heterocycles. The quantitative estimate of drug-likeness (QED) is 0.159. The maximum absolute atomic E-state index is 6.85. The first-order valence-electron chi connectivity index (χ1n) is 14.5. The highest BCUT2D eigenvalue weighted by Gasteiger charge is 2.23. The zero-order valence-corrected chi connectivity index (χ0v) is 23.3. The third-order valence-electron chi connectivity index (χ3n) is 8.75. The van der Waals surface area contributed by atoms with Crippen molar-refractivity contribution in [2.24, 2.45) is 9.98 Å². The number of aromatic nitrogens is 1. The molecule has 0 bridgehead atoms. The molecule has 0 atom stereocenters. The van der Waals surface area contributed by atoms with E-state index < -0.39 is 0 Å². The number of amidine groups is 1. The third-order valence-corrected chi connectivity index (χ3v) is 8.75. The first-order valence-corrected chi connectivity index (χ1v) is 14.5. The molecule has 2 aromatic heterocycles. The summed E-state index contributed by atoms with van der Waals surface area (Å²) in [5, 5.41) is 11.5. The van der Waals surface area contributed by atoms with Crippen molar-refractivity contribution in [3.63, 3.8) is 0 Å². The van der Waals surface area contributed by atoms with Gasteiger partial charge in [0, 0.05) is 48.7 Å². The van der Waals surface area contributed by atoms with Crippen molar-refractivity contribution in [1.82, 2.24) is 4.57 Å². The van der Waals surface area contributed by atoms with Gasteiger partial charge in [-0.1, -0.05) is 121 Å². The Hall–Kier alpha value is -5.74. The molecule has 43 heavy (non-hydrogen) atoms. The van der Waals surface area contributed by atoms with E-state index in [1.807, 2.05) is 30.3 Å². The molecule has 0 aliphatic heterocycles. The van der Waals surface area contributed by atoms with Gasteiger partial charge in [0.05, 0.1) is 11.0 Å². The molecule has 0 aliphatic carbocycles. The average Bonchev–Trinajstić information content (AvgIpc) is 3.62. The first kappa shape index (κ1) is 23.9. The largest absolute Gasteiger partial charge is 0.455 e. The van der Waals surface area contributed by atoms with Gasteiger partial charge in [-0.05, 0) is 23.6 Å². The summed E-state index contributed by atoms with van der Waals surface area (Å²) in [6.07, 6.45) is 0. The lowest BCUT2D eigenvalue weighted by atomic mass is 9.98. The van der Waals surface area contributed by atoms with Crippen LogP contribution in [0, 0.1) is 0 Å². The molecule has 4 nitrogen and oxygen atoms in total. The Morgan fingerprint density at radius 3 is 1.93 bits per heavy atom. The van der Waals surface area contributed by atoms with Gasteiger partial charge < -0.3 is 8.98 Å². The van der Waals surface area contributed by atoms with Crippen LogP contribution in [-0.2, 0) is 6.67 Å². The first-order chi connectivity index (χ1) is 21.3. The van der Waals surface area contributed by atoms with Crippen molar-refractivity contribution in [2.45, 2.75) is 6.67 Å². The van der Waals surface area contributed by atoms with Gasteiger partial charge >= 0.3 is 0 Å². The summed E-state index contributed by atoms with van der Waals surface area (Å²) in [4.78, 5) is 9.39. The SMILES string of the molecule is C=NC(=NCn1c2c3ccccc3ccc2c2c3c4ccc5ccccc5c4oc3c3ccccc3c21)c1ccccc1. The van der Waals surface area contributed by atoms with E-state index in [1.54, 1.807) is 0 Å². The van der Waals surface area contributed by atoms with Crippen LogP contribution in [0.2, 0.25) is 0 Å². The molecule has 0 fully saturated rings. The van der Waals surface area contributed by atoms with Crippen molar-refractivity contribution in [3.8, 4) is 0 Å². The van der Waals surface area contributed by atoms with Gasteiger partial charge in [0.25, 0.3) is 0 Å². The van der Waals surface area contributed by atoms with E-state index in [-0.39, 0.29) is 0 Å². The minimum absolute atomic E-state index is 0.394. The van der Waals surface area contributed by atoms with Gasteiger partial charge in [-0.2, -0.15) is 0 Å². The monoisotopic (exact) mass is 551 g/mol. The predicted octanol–water partition coefficient (Wildman–Crippen LogP) is 10.3. The van der Waals surface area contributed by atoms with Crippen molar-refractivity contribution in [2.75, 3.05) is 0 Å². The molecule has 0 unspecified atom stereocenters. The fourth-order valence-corrected chi connectivity index (χ4v) is 6.90. The minimum atomic E-state index is 0.394. The fourth-order valence-electron chi connectivity index (χ4n) is 6.90. The second kappa shape index (κ2) is 9.13. The van der Waals surface area contributed by atoms with Crippen LogP contribution in [0.15, 0.2) is 142 Å². The Morgan fingerprint density at radius 1 is 0.535 bits per heavy atom. The number of hydrogen-bond donors (Lipinski definition) is 0. The van der Waals surface area contributed by atoms with Crippen LogP contribution in [0.3, 0.4) is 0 Å². The van der Waals surface area contributed by atoms with Crippen LogP contribution in [-0.4, -0.2) is 17.1 Å². The molecule has 4 heteroatoms. The molecule has 0 aliphatic rings. The second-order valence-corrected chi connectivity index (χ2v) is 11.0. The van der Waals surface area contributed by atoms with Crippen molar-refractivity contribution < 1.29 is 4.42 Å².